The van der Waals surface area contributed by atoms with Crippen LogP contribution in [0.5, 0.6) is 0 Å². The monoisotopic (exact) mass is 733 g/mol. The van der Waals surface area contributed by atoms with Crippen molar-refractivity contribution in [1.29, 1.82) is 0 Å². The molecule has 14 heteroatoms. The lowest BCUT2D eigenvalue weighted by molar-refractivity contribution is -0.144. The Hall–Kier alpha value is -3.26. The van der Waals surface area contributed by atoms with Crippen LogP contribution in [0.3, 0.4) is 0 Å². The van der Waals surface area contributed by atoms with Crippen LogP contribution in [0.2, 0.25) is 5.02 Å². The molecule has 4 rings (SSSR count). The van der Waals surface area contributed by atoms with Gasteiger partial charge >= 0.3 is 6.09 Å². The minimum absolute atomic E-state index is 0.0268. The first-order valence-corrected chi connectivity index (χ1v) is 18.4. The molecule has 0 saturated carbocycles. The molecule has 0 radical (unpaired) electrons. The van der Waals surface area contributed by atoms with E-state index in [2.05, 4.69) is 15.6 Å². The summed E-state index contributed by atoms with van der Waals surface area (Å²) in [5, 5.41) is 16.9. The van der Waals surface area contributed by atoms with Gasteiger partial charge < -0.3 is 35.0 Å². The van der Waals surface area contributed by atoms with E-state index >= 15 is 0 Å². The summed E-state index contributed by atoms with van der Waals surface area (Å²) in [5.41, 5.74) is 3.07. The second-order valence-corrected chi connectivity index (χ2v) is 16.7. The van der Waals surface area contributed by atoms with Crippen molar-refractivity contribution in [3.8, 4) is 10.4 Å². The third-order valence-corrected chi connectivity index (χ3v) is 10.3. The summed E-state index contributed by atoms with van der Waals surface area (Å²) < 4.78 is 11.2. The largest absolute Gasteiger partial charge is 0.444 e. The Balaban J connectivity index is 1.32. The van der Waals surface area contributed by atoms with E-state index in [9.17, 15) is 24.3 Å². The van der Waals surface area contributed by atoms with Gasteiger partial charge in [0.2, 0.25) is 17.7 Å². The average Bonchev–Trinajstić information content (AvgIpc) is 3.63. The van der Waals surface area contributed by atoms with Crippen molar-refractivity contribution in [3.05, 3.63) is 40.0 Å². The number of ether oxygens (including phenoxy) is 2. The number of likely N-dealkylation sites (tertiary alicyclic amines) is 2. The second-order valence-electron chi connectivity index (χ2n) is 15.4. The predicted molar refractivity (Wildman–Crippen MR) is 193 cm³/mol. The maximum Gasteiger partial charge on any atom is 0.410 e. The summed E-state index contributed by atoms with van der Waals surface area (Å²) >= 11 is 8.13. The van der Waals surface area contributed by atoms with Crippen molar-refractivity contribution >= 4 is 46.8 Å². The van der Waals surface area contributed by atoms with Crippen molar-refractivity contribution in [2.24, 2.45) is 11.3 Å². The number of aliphatic hydroxyl groups is 1. The van der Waals surface area contributed by atoms with Gasteiger partial charge in [0.05, 0.1) is 34.8 Å². The van der Waals surface area contributed by atoms with Crippen LogP contribution in [0.15, 0.2) is 23.7 Å². The molecule has 0 bridgehead atoms. The number of hydrogen-bond donors (Lipinski definition) is 3. The van der Waals surface area contributed by atoms with Crippen LogP contribution in [0.1, 0.15) is 85.0 Å². The Labute approximate surface area is 304 Å². The van der Waals surface area contributed by atoms with Crippen LogP contribution in [0.25, 0.3) is 10.4 Å². The molecule has 4 atom stereocenters. The first-order valence-electron chi connectivity index (χ1n) is 17.2. The van der Waals surface area contributed by atoms with E-state index in [-0.39, 0.29) is 31.6 Å². The fourth-order valence-electron chi connectivity index (χ4n) is 6.19. The van der Waals surface area contributed by atoms with Gasteiger partial charge in [-0.3, -0.25) is 14.4 Å². The molecule has 276 valence electrons. The molecule has 2 saturated heterocycles. The van der Waals surface area contributed by atoms with Gasteiger partial charge in [-0.15, -0.1) is 11.3 Å². The van der Waals surface area contributed by atoms with E-state index in [1.807, 2.05) is 73.6 Å². The molecule has 3 N–H and O–H groups in total. The Morgan fingerprint density at radius 3 is 2.36 bits per heavy atom. The van der Waals surface area contributed by atoms with Crippen molar-refractivity contribution in [3.63, 3.8) is 0 Å². The predicted octanol–water partition coefficient (Wildman–Crippen LogP) is 5.11. The summed E-state index contributed by atoms with van der Waals surface area (Å²) in [5.74, 6) is -1.11. The molecule has 3 heterocycles. The molecule has 2 fully saturated rings. The zero-order chi connectivity index (χ0) is 37.0. The highest BCUT2D eigenvalue weighted by molar-refractivity contribution is 7.13. The Kier molecular flexibility index (Phi) is 13.0. The molecule has 0 spiro atoms. The van der Waals surface area contributed by atoms with Crippen LogP contribution in [-0.2, 0) is 23.9 Å². The molecule has 50 heavy (non-hydrogen) atoms. The van der Waals surface area contributed by atoms with Crippen LogP contribution >= 0.6 is 22.9 Å². The Morgan fingerprint density at radius 2 is 1.78 bits per heavy atom. The number of nitrogens with zero attached hydrogens (tertiary/aromatic N) is 3. The van der Waals surface area contributed by atoms with Crippen LogP contribution in [-0.4, -0.2) is 100 Å². The number of amides is 4. The first-order chi connectivity index (χ1) is 23.3. The number of aromatic nitrogens is 1. The number of β-amino-alcohol motifs (C(OH)–C–C–N with tert-alkyl or cyclic N) is 1. The molecule has 2 aromatic rings. The Morgan fingerprint density at radius 1 is 1.10 bits per heavy atom. The third kappa shape index (κ3) is 10.4. The number of piperidine rings is 1. The third-order valence-electron chi connectivity index (χ3n) is 8.98. The van der Waals surface area contributed by atoms with E-state index in [1.54, 1.807) is 10.4 Å². The van der Waals surface area contributed by atoms with Gasteiger partial charge in [0.25, 0.3) is 0 Å². The van der Waals surface area contributed by atoms with Gasteiger partial charge in [0, 0.05) is 36.6 Å². The highest BCUT2D eigenvalue weighted by atomic mass is 35.5. The van der Waals surface area contributed by atoms with E-state index in [1.165, 1.54) is 16.2 Å². The lowest BCUT2D eigenvalue weighted by Crippen LogP contribution is -2.58. The van der Waals surface area contributed by atoms with E-state index in [0.717, 1.165) is 34.5 Å². The summed E-state index contributed by atoms with van der Waals surface area (Å²) in [4.78, 5) is 61.3. The fourth-order valence-corrected chi connectivity index (χ4v) is 7.37. The number of halogens is 1. The van der Waals surface area contributed by atoms with Crippen molar-refractivity contribution in [2.75, 3.05) is 32.8 Å². The number of nitrogens with one attached hydrogen (secondary N) is 2. The van der Waals surface area contributed by atoms with Crippen LogP contribution < -0.4 is 10.6 Å². The van der Waals surface area contributed by atoms with Gasteiger partial charge in [-0.1, -0.05) is 44.5 Å². The maximum atomic E-state index is 14.0. The molecule has 4 amide bonds. The van der Waals surface area contributed by atoms with Crippen molar-refractivity contribution in [1.82, 2.24) is 25.4 Å². The molecule has 12 nitrogen and oxygen atoms in total. The fraction of sp³-hybridized carbons (Fsp3) is 0.639. The summed E-state index contributed by atoms with van der Waals surface area (Å²) in [6.45, 7) is 16.0. The molecular weight excluding hydrogens is 682 g/mol. The zero-order valence-electron chi connectivity index (χ0n) is 30.4. The molecule has 2 aliphatic rings. The molecule has 0 aliphatic carbocycles. The van der Waals surface area contributed by atoms with E-state index in [4.69, 9.17) is 21.1 Å². The van der Waals surface area contributed by atoms with Crippen molar-refractivity contribution < 1.29 is 33.8 Å². The number of benzene rings is 1. The average molecular weight is 734 g/mol. The lowest BCUT2D eigenvalue weighted by Gasteiger charge is -2.35. The smallest absolute Gasteiger partial charge is 0.410 e. The van der Waals surface area contributed by atoms with Gasteiger partial charge in [0.15, 0.2) is 0 Å². The minimum Gasteiger partial charge on any atom is -0.444 e. The molecular formula is C36H52ClN5O7S. The topological polar surface area (TPSA) is 150 Å². The van der Waals surface area contributed by atoms with Gasteiger partial charge in [0.1, 0.15) is 24.3 Å². The lowest BCUT2D eigenvalue weighted by atomic mass is 9.85. The quantitative estimate of drug-likeness (QED) is 0.305. The molecule has 1 aromatic carbocycles. The number of hydrogen-bond acceptors (Lipinski definition) is 9. The van der Waals surface area contributed by atoms with Crippen LogP contribution in [0, 0.1) is 18.3 Å². The zero-order valence-corrected chi connectivity index (χ0v) is 31.9. The van der Waals surface area contributed by atoms with E-state index < -0.39 is 53.0 Å². The minimum atomic E-state index is -0.963. The number of carbonyl (C=O) groups excluding carboxylic acids is 4. The summed E-state index contributed by atoms with van der Waals surface area (Å²) in [6, 6.07) is 3.32. The standard InChI is InChI=1S/C36H52ClN5O7S/c1-21(24-9-10-26(27(37)15-24)30-22(2)38-20-50-30)39-32(45)28-16-25(43)17-42(28)33(46)31(35(3,4)5)40-29(44)19-48-18-23-11-13-41(14-12-23)34(47)49-36(6,7)8/h9-10,15,20-21,23,25,28,31,43H,11-14,16-19H2,1-8H3,(H,39,45)(H,40,44)/t21-,25+,28-,31+/m0/s1. The number of carbonyl (C=O) groups is 4. The van der Waals surface area contributed by atoms with Gasteiger partial charge in [-0.25, -0.2) is 9.78 Å². The van der Waals surface area contributed by atoms with Crippen LogP contribution in [0.4, 0.5) is 4.79 Å². The second kappa shape index (κ2) is 16.4. The Bertz CT molecular complexity index is 1530. The van der Waals surface area contributed by atoms with Crippen molar-refractivity contribution in [2.45, 2.75) is 104 Å². The SMILES string of the molecule is Cc1ncsc1-c1ccc([C@H](C)NC(=O)[C@@H]2C[C@@H](O)CN2C(=O)[C@@H](NC(=O)COCC2CCN(C(=O)OC(C)(C)C)CC2)C(C)(C)C)cc1Cl. The first kappa shape index (κ1) is 39.5. The number of aliphatic hydroxyl groups excluding tert-OH is 1. The molecule has 2 aliphatic heterocycles. The highest BCUT2D eigenvalue weighted by Gasteiger charge is 2.44. The summed E-state index contributed by atoms with van der Waals surface area (Å²) in [7, 11) is 0. The maximum absolute atomic E-state index is 14.0. The number of thiazole rings is 1. The molecule has 0 unspecified atom stereocenters. The summed E-state index contributed by atoms with van der Waals surface area (Å²) in [6.07, 6.45) is 0.326. The number of rotatable bonds is 10. The normalized spacial score (nSPS) is 20.0. The van der Waals surface area contributed by atoms with Gasteiger partial charge in [-0.2, -0.15) is 0 Å². The van der Waals surface area contributed by atoms with Gasteiger partial charge in [-0.05, 0) is 70.4 Å². The van der Waals surface area contributed by atoms with E-state index in [0.29, 0.717) is 24.7 Å². The number of aryl methyl sites for hydroxylation is 1. The molecule has 1 aromatic heterocycles. The highest BCUT2D eigenvalue weighted by Crippen LogP contribution is 2.35.